The van der Waals surface area contributed by atoms with Crippen molar-refractivity contribution in [1.29, 1.82) is 0 Å². The summed E-state index contributed by atoms with van der Waals surface area (Å²) >= 11 is 6.52. The lowest BCUT2D eigenvalue weighted by Crippen LogP contribution is -2.33. The van der Waals surface area contributed by atoms with Gasteiger partial charge in [-0.05, 0) is 49.2 Å². The molecule has 2 N–H and O–H groups in total. The molecule has 1 aliphatic rings. The Morgan fingerprint density at radius 2 is 1.90 bits per heavy atom. The fraction of sp³-hybridized carbons (Fsp3) is 0.290. The van der Waals surface area contributed by atoms with Crippen LogP contribution in [0, 0.1) is 0 Å². The zero-order chi connectivity index (χ0) is 29.3. The van der Waals surface area contributed by atoms with Gasteiger partial charge < -0.3 is 29.7 Å². The zero-order valence-electron chi connectivity index (χ0n) is 23.6. The normalized spacial score (nSPS) is 13.5. The highest BCUT2D eigenvalue weighted by atomic mass is 35.5. The number of fused-ring (bicyclic) bond motifs is 1. The monoisotopic (exact) mass is 588 g/mol. The number of anilines is 3. The Balaban J connectivity index is 1.30. The highest BCUT2D eigenvalue weighted by molar-refractivity contribution is 6.32. The van der Waals surface area contributed by atoms with Crippen molar-refractivity contribution in [3.63, 3.8) is 0 Å². The van der Waals surface area contributed by atoms with Gasteiger partial charge in [0.05, 0.1) is 35.6 Å². The lowest BCUT2D eigenvalue weighted by Gasteiger charge is -2.27. The van der Waals surface area contributed by atoms with Crippen LogP contribution in [-0.2, 0) is 16.1 Å². The van der Waals surface area contributed by atoms with E-state index in [1.165, 1.54) is 6.33 Å². The van der Waals surface area contributed by atoms with Gasteiger partial charge in [-0.2, -0.15) is 0 Å². The largest absolute Gasteiger partial charge is 0.494 e. The molecule has 0 unspecified atom stereocenters. The van der Waals surface area contributed by atoms with Crippen LogP contribution in [0.4, 0.5) is 17.2 Å². The van der Waals surface area contributed by atoms with E-state index < -0.39 is 0 Å². The number of aromatic nitrogens is 3. The molecule has 1 amide bonds. The number of nitrogens with zero attached hydrogens (tertiary/aromatic N) is 4. The first kappa shape index (κ1) is 29.2. The minimum Gasteiger partial charge on any atom is -0.494 e. The second-order valence-electron chi connectivity index (χ2n) is 9.80. The van der Waals surface area contributed by atoms with Crippen molar-refractivity contribution in [1.82, 2.24) is 19.9 Å². The summed E-state index contributed by atoms with van der Waals surface area (Å²) in [5.74, 6) is 1.40. The fourth-order valence-electron chi connectivity index (χ4n) is 4.70. The van der Waals surface area contributed by atoms with E-state index in [1.54, 1.807) is 44.7 Å². The number of carbonyl (C=O) groups excluding carboxylic acids is 1. The first-order valence-electron chi connectivity index (χ1n) is 13.7. The van der Waals surface area contributed by atoms with Crippen molar-refractivity contribution >= 4 is 45.6 Å². The van der Waals surface area contributed by atoms with Gasteiger partial charge >= 0.3 is 0 Å². The molecule has 0 atom stereocenters. The molecule has 3 heterocycles. The fourth-order valence-corrected chi connectivity index (χ4v) is 4.94. The molecule has 1 fully saturated rings. The molecule has 1 saturated heterocycles. The molecule has 0 bridgehead atoms. The number of likely N-dealkylation sites (tertiary alicyclic amines) is 1. The van der Waals surface area contributed by atoms with Crippen LogP contribution < -0.4 is 20.1 Å². The molecule has 218 valence electrons. The minimum atomic E-state index is -0.201. The van der Waals surface area contributed by atoms with Gasteiger partial charge in [0.1, 0.15) is 30.3 Å². The van der Waals surface area contributed by atoms with Crippen molar-refractivity contribution in [3.8, 4) is 11.5 Å². The quantitative estimate of drug-likeness (QED) is 0.216. The van der Waals surface area contributed by atoms with Crippen LogP contribution in [0.1, 0.15) is 18.5 Å². The average Bonchev–Trinajstić information content (AvgIpc) is 3.01. The summed E-state index contributed by atoms with van der Waals surface area (Å²) in [5, 5.41) is 7.44. The van der Waals surface area contributed by atoms with Gasteiger partial charge in [0.2, 0.25) is 5.91 Å². The Kier molecular flexibility index (Phi) is 9.81. The maximum absolute atomic E-state index is 13.0. The van der Waals surface area contributed by atoms with Crippen LogP contribution in [-0.4, -0.2) is 66.2 Å². The summed E-state index contributed by atoms with van der Waals surface area (Å²) in [6.07, 6.45) is 6.58. The second-order valence-corrected chi connectivity index (χ2v) is 10.2. The number of carbonyl (C=O) groups is 1. The molecule has 0 spiro atoms. The smallest absolute Gasteiger partial charge is 0.248 e. The minimum absolute atomic E-state index is 0.201. The highest BCUT2D eigenvalue weighted by Crippen LogP contribution is 2.35. The van der Waals surface area contributed by atoms with Gasteiger partial charge in [-0.1, -0.05) is 23.2 Å². The van der Waals surface area contributed by atoms with Gasteiger partial charge in [0, 0.05) is 56.2 Å². The number of benzene rings is 2. The van der Waals surface area contributed by atoms with Crippen molar-refractivity contribution in [2.75, 3.05) is 51.1 Å². The molecule has 0 aliphatic carbocycles. The van der Waals surface area contributed by atoms with E-state index in [9.17, 15) is 4.79 Å². The van der Waals surface area contributed by atoms with Crippen LogP contribution in [0.25, 0.3) is 10.9 Å². The third kappa shape index (κ3) is 7.52. The number of amides is 1. The Bertz CT molecular complexity index is 1560. The van der Waals surface area contributed by atoms with E-state index in [0.29, 0.717) is 57.8 Å². The highest BCUT2D eigenvalue weighted by Gasteiger charge is 2.16. The van der Waals surface area contributed by atoms with E-state index in [-0.39, 0.29) is 5.91 Å². The Morgan fingerprint density at radius 1 is 1.05 bits per heavy atom. The molecule has 5 rings (SSSR count). The number of piperidine rings is 1. The number of halogens is 1. The van der Waals surface area contributed by atoms with Gasteiger partial charge in [0.15, 0.2) is 0 Å². The van der Waals surface area contributed by atoms with E-state index in [1.807, 2.05) is 30.3 Å². The van der Waals surface area contributed by atoms with Crippen LogP contribution in [0.5, 0.6) is 11.5 Å². The number of hydrogen-bond donors (Lipinski definition) is 2. The molecular formula is C31H33ClN6O4. The molecule has 2 aromatic carbocycles. The second kappa shape index (κ2) is 14.1. The lowest BCUT2D eigenvalue weighted by molar-refractivity contribution is -0.112. The van der Waals surface area contributed by atoms with Crippen molar-refractivity contribution < 1.29 is 19.0 Å². The van der Waals surface area contributed by atoms with E-state index in [0.717, 1.165) is 43.7 Å². The SMILES string of the molecule is COCCN1CCC(=CC(=O)Nc2cc3c(Nc4ccc(OCc5ccccn5)c(Cl)c4)ncnc3cc2OC)CC1. The van der Waals surface area contributed by atoms with Gasteiger partial charge in [-0.15, -0.1) is 0 Å². The number of pyridine rings is 1. The predicted molar refractivity (Wildman–Crippen MR) is 164 cm³/mol. The van der Waals surface area contributed by atoms with Gasteiger partial charge in [-0.25, -0.2) is 9.97 Å². The average molecular weight is 589 g/mol. The summed E-state index contributed by atoms with van der Waals surface area (Å²) in [7, 11) is 3.27. The molecule has 0 radical (unpaired) electrons. The summed E-state index contributed by atoms with van der Waals surface area (Å²) in [5.41, 5.74) is 3.83. The van der Waals surface area contributed by atoms with E-state index in [4.69, 9.17) is 25.8 Å². The molecule has 2 aromatic heterocycles. The summed E-state index contributed by atoms with van der Waals surface area (Å²) < 4.78 is 16.6. The third-order valence-corrected chi connectivity index (χ3v) is 7.25. The number of ether oxygens (including phenoxy) is 3. The van der Waals surface area contributed by atoms with E-state index >= 15 is 0 Å². The summed E-state index contributed by atoms with van der Waals surface area (Å²) in [4.78, 5) is 28.4. The predicted octanol–water partition coefficient (Wildman–Crippen LogP) is 5.62. The van der Waals surface area contributed by atoms with Crippen molar-refractivity contribution in [2.24, 2.45) is 0 Å². The Morgan fingerprint density at radius 3 is 2.64 bits per heavy atom. The van der Waals surface area contributed by atoms with E-state index in [2.05, 4.69) is 30.5 Å². The third-order valence-electron chi connectivity index (χ3n) is 6.96. The number of rotatable bonds is 11. The molecule has 11 heteroatoms. The zero-order valence-corrected chi connectivity index (χ0v) is 24.4. The van der Waals surface area contributed by atoms with Crippen molar-refractivity contribution in [3.05, 3.63) is 83.4 Å². The number of nitrogens with one attached hydrogen (secondary N) is 2. The standard InChI is InChI=1S/C31H33ClN6O4/c1-40-14-13-38-11-8-21(9-12-38)15-30(39)37-27-17-24-26(18-29(27)41-2)34-20-35-31(24)36-22-6-7-28(25(32)16-22)42-19-23-5-3-4-10-33-23/h3-7,10,15-18,20H,8-9,11-14,19H2,1-2H3,(H,37,39)(H,34,35,36). The van der Waals surface area contributed by atoms with Crippen LogP contribution in [0.15, 0.2) is 72.7 Å². The molecular weight excluding hydrogens is 556 g/mol. The van der Waals surface area contributed by atoms with Gasteiger partial charge in [0.25, 0.3) is 0 Å². The number of methoxy groups -OCH3 is 2. The maximum atomic E-state index is 13.0. The molecule has 1 aliphatic heterocycles. The molecule has 42 heavy (non-hydrogen) atoms. The Labute approximate surface area is 249 Å². The summed E-state index contributed by atoms with van der Waals surface area (Å²) in [6, 6.07) is 14.7. The van der Waals surface area contributed by atoms with Crippen molar-refractivity contribution in [2.45, 2.75) is 19.4 Å². The molecule has 0 saturated carbocycles. The number of hydrogen-bond acceptors (Lipinski definition) is 9. The topological polar surface area (TPSA) is 111 Å². The first-order chi connectivity index (χ1) is 20.5. The van der Waals surface area contributed by atoms with Gasteiger partial charge in [-0.3, -0.25) is 9.78 Å². The first-order valence-corrected chi connectivity index (χ1v) is 14.0. The van der Waals surface area contributed by atoms with Crippen LogP contribution in [0.3, 0.4) is 0 Å². The van der Waals surface area contributed by atoms with Crippen LogP contribution >= 0.6 is 11.6 Å². The summed E-state index contributed by atoms with van der Waals surface area (Å²) in [6.45, 7) is 3.74. The molecule has 10 nitrogen and oxygen atoms in total. The lowest BCUT2D eigenvalue weighted by atomic mass is 10.0. The van der Waals surface area contributed by atoms with Crippen LogP contribution in [0.2, 0.25) is 5.02 Å². The Hall–Kier alpha value is -4.25. The molecule has 4 aromatic rings. The maximum Gasteiger partial charge on any atom is 0.248 e.